The van der Waals surface area contributed by atoms with Crippen LogP contribution < -0.4 is 5.32 Å². The fourth-order valence-corrected chi connectivity index (χ4v) is 8.61. The number of unbranched alkanes of at least 4 members (excludes halogenated alkanes) is 41. The van der Waals surface area contributed by atoms with Crippen LogP contribution in [-0.4, -0.2) is 46.1 Å². The topological polar surface area (TPSA) is 89.8 Å². The number of amides is 1. The van der Waals surface area contributed by atoms with Gasteiger partial charge in [0.2, 0.25) is 5.91 Å². The van der Waals surface area contributed by atoms with Gasteiger partial charge in [0.25, 0.3) is 0 Å². The second-order valence-electron chi connectivity index (χ2n) is 18.5. The summed E-state index contributed by atoms with van der Waals surface area (Å²) in [5.74, 6) is -0.464. The maximum absolute atomic E-state index is 12.5. The summed E-state index contributed by atoms with van der Waals surface area (Å²) >= 11 is 0. The Kier molecular flexibility index (Phi) is 47.5. The Bertz CT molecular complexity index is 762. The number of carbonyl (C=O) groups is 1. The van der Waals surface area contributed by atoms with Crippen LogP contribution in [0.4, 0.5) is 0 Å². The van der Waals surface area contributed by atoms with E-state index in [-0.39, 0.29) is 6.61 Å². The van der Waals surface area contributed by atoms with Crippen LogP contribution in [0.5, 0.6) is 0 Å². The summed E-state index contributed by atoms with van der Waals surface area (Å²) in [7, 11) is 0. The van der Waals surface area contributed by atoms with Crippen molar-refractivity contribution in [2.45, 2.75) is 321 Å². The molecule has 0 heterocycles. The van der Waals surface area contributed by atoms with E-state index in [9.17, 15) is 20.1 Å². The quantitative estimate of drug-likeness (QED) is 0.0461. The van der Waals surface area contributed by atoms with Crippen LogP contribution in [0.2, 0.25) is 0 Å². The third-order valence-electron chi connectivity index (χ3n) is 12.7. The first-order valence-corrected chi connectivity index (χ1v) is 26.3. The molecule has 0 saturated heterocycles. The second kappa shape index (κ2) is 48.0. The average molecular weight is 808 g/mol. The van der Waals surface area contributed by atoms with Gasteiger partial charge in [-0.05, 0) is 12.8 Å². The zero-order valence-corrected chi connectivity index (χ0v) is 39.0. The van der Waals surface area contributed by atoms with Crippen LogP contribution in [0.15, 0.2) is 0 Å². The Hall–Kier alpha value is -0.650. The third-order valence-corrected chi connectivity index (χ3v) is 12.7. The van der Waals surface area contributed by atoms with Crippen LogP contribution >= 0.6 is 0 Å². The minimum atomic E-state index is -1.07. The summed E-state index contributed by atoms with van der Waals surface area (Å²) in [6, 6.07) is -0.706. The minimum Gasteiger partial charge on any atom is -0.394 e. The van der Waals surface area contributed by atoms with Crippen LogP contribution in [0, 0.1) is 0 Å². The molecule has 0 rings (SSSR count). The van der Waals surface area contributed by atoms with Crippen molar-refractivity contribution in [1.29, 1.82) is 0 Å². The van der Waals surface area contributed by atoms with Gasteiger partial charge in [-0.3, -0.25) is 4.79 Å². The van der Waals surface area contributed by atoms with Gasteiger partial charge in [-0.15, -0.1) is 0 Å². The minimum absolute atomic E-state index is 0.308. The lowest BCUT2D eigenvalue weighted by atomic mass is 10.0. The molecule has 0 aromatic carbocycles. The first-order valence-electron chi connectivity index (χ1n) is 26.3. The Morgan fingerprint density at radius 1 is 0.351 bits per heavy atom. The summed E-state index contributed by atoms with van der Waals surface area (Å²) in [6.07, 6.45) is 57.1. The molecule has 57 heavy (non-hydrogen) atoms. The van der Waals surface area contributed by atoms with Gasteiger partial charge in [0.15, 0.2) is 0 Å². The van der Waals surface area contributed by atoms with Crippen molar-refractivity contribution in [3.05, 3.63) is 0 Å². The molecule has 0 radical (unpaired) electrons. The van der Waals surface area contributed by atoms with Crippen molar-refractivity contribution >= 4 is 5.91 Å². The SMILES string of the molecule is CCCCCCCCCCCCCCCCCCCCCCCCCCCCCCCC(O)C(=O)NC(CO)C(O)CCCCCCCCCCCCCCCC. The van der Waals surface area contributed by atoms with E-state index in [1.165, 1.54) is 244 Å². The summed E-state index contributed by atoms with van der Waals surface area (Å²) < 4.78 is 0. The largest absolute Gasteiger partial charge is 0.394 e. The second-order valence-corrected chi connectivity index (χ2v) is 18.5. The molecule has 342 valence electrons. The third kappa shape index (κ3) is 43.3. The summed E-state index contributed by atoms with van der Waals surface area (Å²) in [5, 5.41) is 33.4. The molecule has 0 aliphatic rings. The Labute approximate surface area is 357 Å². The fourth-order valence-electron chi connectivity index (χ4n) is 8.61. The molecular formula is C52H105NO4. The highest BCUT2D eigenvalue weighted by Gasteiger charge is 2.23. The van der Waals surface area contributed by atoms with E-state index >= 15 is 0 Å². The van der Waals surface area contributed by atoms with E-state index in [1.807, 2.05) is 0 Å². The molecule has 1 amide bonds. The molecule has 0 spiro atoms. The standard InChI is InChI=1S/C52H105NO4/c1-3-5-7-9-11-13-15-17-19-20-21-22-23-24-25-26-27-28-29-30-31-32-33-35-37-39-41-43-45-47-51(56)52(57)53-49(48-54)50(55)46-44-42-40-38-36-34-18-16-14-12-10-8-6-4-2/h49-51,54-56H,3-48H2,1-2H3,(H,53,57). The van der Waals surface area contributed by atoms with Gasteiger partial charge in [0.05, 0.1) is 18.8 Å². The number of rotatable bonds is 49. The maximum Gasteiger partial charge on any atom is 0.249 e. The Morgan fingerprint density at radius 3 is 0.789 bits per heavy atom. The normalized spacial score (nSPS) is 13.3. The van der Waals surface area contributed by atoms with E-state index in [0.29, 0.717) is 12.8 Å². The zero-order chi connectivity index (χ0) is 41.5. The number of aliphatic hydroxyl groups is 3. The van der Waals surface area contributed by atoms with Gasteiger partial charge < -0.3 is 20.6 Å². The number of hydrogen-bond donors (Lipinski definition) is 4. The van der Waals surface area contributed by atoms with Crippen LogP contribution in [0.3, 0.4) is 0 Å². The molecule has 4 N–H and O–H groups in total. The van der Waals surface area contributed by atoms with Gasteiger partial charge in [0.1, 0.15) is 6.10 Å². The Balaban J connectivity index is 3.46. The summed E-state index contributed by atoms with van der Waals surface area (Å²) in [4.78, 5) is 12.5. The van der Waals surface area contributed by atoms with Gasteiger partial charge in [-0.25, -0.2) is 0 Å². The highest BCUT2D eigenvalue weighted by molar-refractivity contribution is 5.80. The van der Waals surface area contributed by atoms with Crippen LogP contribution in [0.1, 0.15) is 303 Å². The molecule has 0 aliphatic carbocycles. The van der Waals surface area contributed by atoms with Crippen molar-refractivity contribution in [3.63, 3.8) is 0 Å². The molecule has 0 aliphatic heterocycles. The van der Waals surface area contributed by atoms with Gasteiger partial charge in [-0.1, -0.05) is 290 Å². The molecule has 5 heteroatoms. The average Bonchev–Trinajstić information content (AvgIpc) is 3.22. The predicted octanol–water partition coefficient (Wildman–Crippen LogP) is 15.8. The molecule has 0 aromatic heterocycles. The van der Waals surface area contributed by atoms with E-state index in [2.05, 4.69) is 19.2 Å². The fraction of sp³-hybridized carbons (Fsp3) is 0.981. The molecule has 0 bridgehead atoms. The highest BCUT2D eigenvalue weighted by Crippen LogP contribution is 2.18. The zero-order valence-electron chi connectivity index (χ0n) is 39.0. The smallest absolute Gasteiger partial charge is 0.249 e. The lowest BCUT2D eigenvalue weighted by molar-refractivity contribution is -0.131. The van der Waals surface area contributed by atoms with Crippen LogP contribution in [0.25, 0.3) is 0 Å². The number of nitrogens with one attached hydrogen (secondary N) is 1. The molecule has 5 nitrogen and oxygen atoms in total. The van der Waals surface area contributed by atoms with E-state index in [0.717, 1.165) is 32.1 Å². The lowest BCUT2D eigenvalue weighted by Crippen LogP contribution is -2.49. The summed E-state index contributed by atoms with van der Waals surface area (Å²) in [5.41, 5.74) is 0. The molecule has 3 atom stereocenters. The molecule has 0 saturated carbocycles. The molecule has 0 aromatic rings. The monoisotopic (exact) mass is 808 g/mol. The van der Waals surface area contributed by atoms with Gasteiger partial charge >= 0.3 is 0 Å². The highest BCUT2D eigenvalue weighted by atomic mass is 16.3. The lowest BCUT2D eigenvalue weighted by Gasteiger charge is -2.23. The Morgan fingerprint density at radius 2 is 0.561 bits per heavy atom. The van der Waals surface area contributed by atoms with Crippen LogP contribution in [-0.2, 0) is 4.79 Å². The summed E-state index contributed by atoms with van der Waals surface area (Å²) in [6.45, 7) is 4.26. The van der Waals surface area contributed by atoms with Crippen molar-refractivity contribution < 1.29 is 20.1 Å². The number of aliphatic hydroxyl groups excluding tert-OH is 3. The van der Waals surface area contributed by atoms with Gasteiger partial charge in [-0.2, -0.15) is 0 Å². The predicted molar refractivity (Wildman–Crippen MR) is 250 cm³/mol. The van der Waals surface area contributed by atoms with Crippen molar-refractivity contribution in [1.82, 2.24) is 5.32 Å². The number of hydrogen-bond acceptors (Lipinski definition) is 4. The van der Waals surface area contributed by atoms with E-state index in [1.54, 1.807) is 0 Å². The molecule has 3 unspecified atom stereocenters. The number of carbonyl (C=O) groups excluding carboxylic acids is 1. The first-order chi connectivity index (χ1) is 28.1. The first kappa shape index (κ1) is 56.4. The van der Waals surface area contributed by atoms with Crippen molar-refractivity contribution in [2.24, 2.45) is 0 Å². The van der Waals surface area contributed by atoms with E-state index in [4.69, 9.17) is 0 Å². The van der Waals surface area contributed by atoms with Crippen molar-refractivity contribution in [3.8, 4) is 0 Å². The van der Waals surface area contributed by atoms with Crippen molar-refractivity contribution in [2.75, 3.05) is 6.61 Å². The maximum atomic E-state index is 12.5. The van der Waals surface area contributed by atoms with E-state index < -0.39 is 24.2 Å². The molecular weight excluding hydrogens is 703 g/mol. The molecule has 0 fully saturated rings. The van der Waals surface area contributed by atoms with Gasteiger partial charge in [0, 0.05) is 0 Å².